The molecule has 0 radical (unpaired) electrons. The number of rotatable bonds is 8. The predicted molar refractivity (Wildman–Crippen MR) is 90.8 cm³/mol. The van der Waals surface area contributed by atoms with Crippen LogP contribution in [0.1, 0.15) is 25.3 Å². The summed E-state index contributed by atoms with van der Waals surface area (Å²) in [5, 5.41) is 15.7. The van der Waals surface area contributed by atoms with Crippen molar-refractivity contribution >= 4 is 5.96 Å². The van der Waals surface area contributed by atoms with Crippen molar-refractivity contribution < 1.29 is 28.1 Å². The zero-order valence-electron chi connectivity index (χ0n) is 14.6. The van der Waals surface area contributed by atoms with Gasteiger partial charge in [-0.05, 0) is 25.8 Å². The first-order chi connectivity index (χ1) is 12.5. The van der Waals surface area contributed by atoms with Gasteiger partial charge in [-0.25, -0.2) is 4.99 Å². The number of ether oxygens (including phenoxy) is 3. The van der Waals surface area contributed by atoms with E-state index in [1.807, 2.05) is 6.92 Å². The summed E-state index contributed by atoms with van der Waals surface area (Å²) < 4.78 is 40.5. The zero-order valence-corrected chi connectivity index (χ0v) is 14.6. The second-order valence-corrected chi connectivity index (χ2v) is 6.40. The number of hydrogen-bond acceptors (Lipinski definition) is 5. The number of alkyl halides is 2. The van der Waals surface area contributed by atoms with Crippen LogP contribution in [-0.4, -0.2) is 44.2 Å². The first kappa shape index (κ1) is 18.5. The molecule has 2 aliphatic rings. The summed E-state index contributed by atoms with van der Waals surface area (Å²) in [7, 11) is 0. The van der Waals surface area contributed by atoms with Crippen LogP contribution in [0.3, 0.4) is 0 Å². The van der Waals surface area contributed by atoms with E-state index < -0.39 is 6.61 Å². The number of guanidine groups is 1. The Morgan fingerprint density at radius 2 is 2.04 bits per heavy atom. The number of hydrogen-bond donors (Lipinski definition) is 3. The molecule has 9 heteroatoms. The largest absolute Gasteiger partial charge is 0.454 e. The summed E-state index contributed by atoms with van der Waals surface area (Å²) in [6, 6.07) is 2.99. The lowest BCUT2D eigenvalue weighted by Gasteiger charge is -2.16. The molecular formula is C17H23F2N3O4. The van der Waals surface area contributed by atoms with Crippen molar-refractivity contribution in [2.45, 2.75) is 32.9 Å². The number of nitrogens with zero attached hydrogens (tertiary/aromatic N) is 1. The Labute approximate surface area is 150 Å². The summed E-state index contributed by atoms with van der Waals surface area (Å²) in [6.07, 6.45) is 1.95. The van der Waals surface area contributed by atoms with Gasteiger partial charge in [0.2, 0.25) is 6.79 Å². The van der Waals surface area contributed by atoms with Crippen molar-refractivity contribution in [3.8, 4) is 17.2 Å². The molecule has 0 unspecified atom stereocenters. The van der Waals surface area contributed by atoms with Crippen molar-refractivity contribution in [1.82, 2.24) is 10.6 Å². The maximum atomic E-state index is 12.7. The molecule has 0 atom stereocenters. The van der Waals surface area contributed by atoms with Gasteiger partial charge in [0.1, 0.15) is 5.75 Å². The van der Waals surface area contributed by atoms with Crippen molar-refractivity contribution in [2.24, 2.45) is 10.4 Å². The number of aliphatic imine (C=N–C) groups is 1. The SMILES string of the molecule is CCNC(=NCc1cc2c(cc1OC(F)F)OCO2)NCC1(CO)CC1. The fraction of sp³-hybridized carbons (Fsp3) is 0.588. The molecule has 144 valence electrons. The number of benzene rings is 1. The van der Waals surface area contributed by atoms with Gasteiger partial charge < -0.3 is 30.0 Å². The van der Waals surface area contributed by atoms with E-state index in [1.165, 1.54) is 6.07 Å². The van der Waals surface area contributed by atoms with E-state index in [0.717, 1.165) is 12.8 Å². The summed E-state index contributed by atoms with van der Waals surface area (Å²) in [5.41, 5.74) is 0.397. The lowest BCUT2D eigenvalue weighted by atomic mass is 10.1. The van der Waals surface area contributed by atoms with Crippen LogP contribution >= 0.6 is 0 Å². The minimum absolute atomic E-state index is 0.0119. The van der Waals surface area contributed by atoms with E-state index in [0.29, 0.717) is 36.1 Å². The third kappa shape index (κ3) is 4.46. The van der Waals surface area contributed by atoms with Crippen molar-refractivity contribution in [3.05, 3.63) is 17.7 Å². The first-order valence-electron chi connectivity index (χ1n) is 8.55. The summed E-state index contributed by atoms with van der Waals surface area (Å²) >= 11 is 0. The van der Waals surface area contributed by atoms with Gasteiger partial charge in [0.05, 0.1) is 13.2 Å². The number of halogens is 2. The maximum absolute atomic E-state index is 12.7. The molecule has 0 bridgehead atoms. The van der Waals surface area contributed by atoms with Crippen molar-refractivity contribution in [1.29, 1.82) is 0 Å². The minimum Gasteiger partial charge on any atom is -0.454 e. The zero-order chi connectivity index (χ0) is 18.6. The highest BCUT2D eigenvalue weighted by molar-refractivity contribution is 5.79. The van der Waals surface area contributed by atoms with Gasteiger partial charge in [-0.3, -0.25) is 0 Å². The van der Waals surface area contributed by atoms with E-state index >= 15 is 0 Å². The van der Waals surface area contributed by atoms with E-state index in [-0.39, 0.29) is 31.1 Å². The maximum Gasteiger partial charge on any atom is 0.387 e. The molecule has 3 rings (SSSR count). The van der Waals surface area contributed by atoms with Crippen LogP contribution in [-0.2, 0) is 6.54 Å². The predicted octanol–water partition coefficient (Wildman–Crippen LogP) is 1.84. The molecule has 0 amide bonds. The topological polar surface area (TPSA) is 84.3 Å². The van der Waals surface area contributed by atoms with Gasteiger partial charge >= 0.3 is 6.61 Å². The Hall–Kier alpha value is -2.29. The lowest BCUT2D eigenvalue weighted by Crippen LogP contribution is -2.41. The molecule has 0 aromatic heterocycles. The number of nitrogens with one attached hydrogen (secondary N) is 2. The molecule has 3 N–H and O–H groups in total. The van der Waals surface area contributed by atoms with Gasteiger partial charge in [-0.15, -0.1) is 0 Å². The fourth-order valence-corrected chi connectivity index (χ4v) is 2.64. The molecule has 1 aliphatic carbocycles. The Balaban J connectivity index is 1.73. The van der Waals surface area contributed by atoms with Crippen LogP contribution in [0.4, 0.5) is 8.78 Å². The number of aliphatic hydroxyl groups excluding tert-OH is 1. The van der Waals surface area contributed by atoms with E-state index in [1.54, 1.807) is 6.07 Å². The Kier molecular flexibility index (Phi) is 5.65. The van der Waals surface area contributed by atoms with Crippen LogP contribution in [0.25, 0.3) is 0 Å². The first-order valence-corrected chi connectivity index (χ1v) is 8.55. The Morgan fingerprint density at radius 1 is 1.31 bits per heavy atom. The lowest BCUT2D eigenvalue weighted by molar-refractivity contribution is -0.0505. The van der Waals surface area contributed by atoms with Crippen molar-refractivity contribution in [2.75, 3.05) is 26.5 Å². The van der Waals surface area contributed by atoms with Crippen LogP contribution in [0, 0.1) is 5.41 Å². The second-order valence-electron chi connectivity index (χ2n) is 6.40. The molecule has 1 aromatic rings. The second kappa shape index (κ2) is 7.94. The Bertz CT molecular complexity index is 666. The standard InChI is InChI=1S/C17H23F2N3O4/c1-2-20-16(22-8-17(9-23)3-4-17)21-7-11-5-13-14(25-10-24-13)6-12(11)26-15(18)19/h5-6,15,23H,2-4,7-10H2,1H3,(H2,20,21,22). The van der Waals surface area contributed by atoms with E-state index in [2.05, 4.69) is 20.4 Å². The quantitative estimate of drug-likeness (QED) is 0.478. The van der Waals surface area contributed by atoms with Gasteiger partial charge in [-0.2, -0.15) is 8.78 Å². The molecular weight excluding hydrogens is 348 g/mol. The monoisotopic (exact) mass is 371 g/mol. The fourth-order valence-electron chi connectivity index (χ4n) is 2.64. The normalized spacial score (nSPS) is 17.3. The number of fused-ring (bicyclic) bond motifs is 1. The van der Waals surface area contributed by atoms with Gasteiger partial charge in [0, 0.05) is 30.1 Å². The van der Waals surface area contributed by atoms with Crippen LogP contribution in [0.2, 0.25) is 0 Å². The molecule has 26 heavy (non-hydrogen) atoms. The molecule has 1 saturated carbocycles. The van der Waals surface area contributed by atoms with Crippen LogP contribution < -0.4 is 24.8 Å². The van der Waals surface area contributed by atoms with Gasteiger partial charge in [-0.1, -0.05) is 0 Å². The third-order valence-corrected chi connectivity index (χ3v) is 4.45. The Morgan fingerprint density at radius 3 is 2.65 bits per heavy atom. The molecule has 1 fully saturated rings. The molecule has 1 heterocycles. The van der Waals surface area contributed by atoms with Gasteiger partial charge in [0.25, 0.3) is 0 Å². The highest BCUT2D eigenvalue weighted by atomic mass is 19.3. The molecule has 0 spiro atoms. The van der Waals surface area contributed by atoms with Gasteiger partial charge in [0.15, 0.2) is 17.5 Å². The average molecular weight is 371 g/mol. The summed E-state index contributed by atoms with van der Waals surface area (Å²) in [6.45, 7) is 0.555. The number of aliphatic hydroxyl groups is 1. The third-order valence-electron chi connectivity index (χ3n) is 4.45. The van der Waals surface area contributed by atoms with Crippen LogP contribution in [0.5, 0.6) is 17.2 Å². The van der Waals surface area contributed by atoms with E-state index in [9.17, 15) is 13.9 Å². The summed E-state index contributed by atoms with van der Waals surface area (Å²) in [4.78, 5) is 4.43. The van der Waals surface area contributed by atoms with Crippen LogP contribution in [0.15, 0.2) is 17.1 Å². The minimum atomic E-state index is -2.94. The van der Waals surface area contributed by atoms with Crippen molar-refractivity contribution in [3.63, 3.8) is 0 Å². The smallest absolute Gasteiger partial charge is 0.387 e. The highest BCUT2D eigenvalue weighted by Crippen LogP contribution is 2.44. The average Bonchev–Trinajstić information content (AvgIpc) is 3.26. The van der Waals surface area contributed by atoms with E-state index in [4.69, 9.17) is 9.47 Å². The molecule has 1 aliphatic heterocycles. The molecule has 0 saturated heterocycles. The molecule has 7 nitrogen and oxygen atoms in total. The highest BCUT2D eigenvalue weighted by Gasteiger charge is 2.41. The molecule has 1 aromatic carbocycles. The summed E-state index contributed by atoms with van der Waals surface area (Å²) in [5.74, 6) is 1.41.